The SMILES string of the molecule is CC/C=C\C/C=C\C/C=C\C/C=C\C/C=C\CCCCCC(=O)OC(CCCCCCCCCCCC)C(=O)O. The van der Waals surface area contributed by atoms with Crippen LogP contribution in [0.5, 0.6) is 0 Å². The number of carboxylic acid groups (broad SMARTS) is 1. The Bertz CT molecular complexity index is 729. The van der Waals surface area contributed by atoms with E-state index >= 15 is 0 Å². The van der Waals surface area contributed by atoms with Gasteiger partial charge in [-0.3, -0.25) is 4.79 Å². The van der Waals surface area contributed by atoms with E-state index in [0.717, 1.165) is 77.0 Å². The Hall–Kier alpha value is -2.36. The molecule has 0 bridgehead atoms. The van der Waals surface area contributed by atoms with Crippen LogP contribution in [0.15, 0.2) is 60.8 Å². The molecule has 0 aromatic rings. The molecule has 1 unspecified atom stereocenters. The molecular formula is C36H60O4. The summed E-state index contributed by atoms with van der Waals surface area (Å²) in [7, 11) is 0. The molecule has 0 amide bonds. The van der Waals surface area contributed by atoms with Gasteiger partial charge in [-0.2, -0.15) is 0 Å². The van der Waals surface area contributed by atoms with Crippen LogP contribution >= 0.6 is 0 Å². The first-order chi connectivity index (χ1) is 19.6. The van der Waals surface area contributed by atoms with E-state index in [-0.39, 0.29) is 5.97 Å². The zero-order valence-electron chi connectivity index (χ0n) is 25.9. The molecule has 0 fully saturated rings. The van der Waals surface area contributed by atoms with E-state index in [0.29, 0.717) is 12.8 Å². The van der Waals surface area contributed by atoms with Crippen molar-refractivity contribution in [1.82, 2.24) is 0 Å². The molecule has 0 spiro atoms. The summed E-state index contributed by atoms with van der Waals surface area (Å²) in [5.41, 5.74) is 0. The third-order valence-electron chi connectivity index (χ3n) is 6.78. The quantitative estimate of drug-likeness (QED) is 0.0591. The normalized spacial score (nSPS) is 13.1. The smallest absolute Gasteiger partial charge is 0.345 e. The minimum atomic E-state index is -1.03. The number of esters is 1. The maximum Gasteiger partial charge on any atom is 0.345 e. The molecule has 1 N–H and O–H groups in total. The van der Waals surface area contributed by atoms with E-state index in [1.165, 1.54) is 44.9 Å². The summed E-state index contributed by atoms with van der Waals surface area (Å²) >= 11 is 0. The van der Waals surface area contributed by atoms with Crippen molar-refractivity contribution in [3.8, 4) is 0 Å². The molecule has 0 heterocycles. The minimum absolute atomic E-state index is 0.299. The second-order valence-electron chi connectivity index (χ2n) is 10.6. The van der Waals surface area contributed by atoms with E-state index in [9.17, 15) is 14.7 Å². The van der Waals surface area contributed by atoms with Gasteiger partial charge in [-0.15, -0.1) is 0 Å². The summed E-state index contributed by atoms with van der Waals surface area (Å²) in [6.45, 7) is 4.38. The molecule has 0 saturated heterocycles. The van der Waals surface area contributed by atoms with Crippen LogP contribution in [0, 0.1) is 0 Å². The van der Waals surface area contributed by atoms with Crippen molar-refractivity contribution in [2.45, 2.75) is 155 Å². The average Bonchev–Trinajstić information content (AvgIpc) is 2.94. The van der Waals surface area contributed by atoms with Crippen LogP contribution < -0.4 is 0 Å². The summed E-state index contributed by atoms with van der Waals surface area (Å²) in [5.74, 6) is -1.41. The molecule has 4 heteroatoms. The van der Waals surface area contributed by atoms with Crippen molar-refractivity contribution in [3.63, 3.8) is 0 Å². The highest BCUT2D eigenvalue weighted by atomic mass is 16.6. The van der Waals surface area contributed by atoms with Crippen LogP contribution in [0.4, 0.5) is 0 Å². The van der Waals surface area contributed by atoms with Gasteiger partial charge in [0.05, 0.1) is 0 Å². The van der Waals surface area contributed by atoms with E-state index in [1.807, 2.05) is 0 Å². The molecule has 0 aliphatic carbocycles. The summed E-state index contributed by atoms with van der Waals surface area (Å²) < 4.78 is 5.26. The average molecular weight is 557 g/mol. The van der Waals surface area contributed by atoms with Crippen molar-refractivity contribution < 1.29 is 19.4 Å². The van der Waals surface area contributed by atoms with Gasteiger partial charge in [-0.1, -0.05) is 139 Å². The molecule has 0 saturated carbocycles. The van der Waals surface area contributed by atoms with Gasteiger partial charge in [-0.05, 0) is 64.2 Å². The lowest BCUT2D eigenvalue weighted by atomic mass is 10.0. The number of ether oxygens (including phenoxy) is 1. The van der Waals surface area contributed by atoms with Gasteiger partial charge in [0.25, 0.3) is 0 Å². The molecular weight excluding hydrogens is 496 g/mol. The Morgan fingerprint density at radius 3 is 1.52 bits per heavy atom. The topological polar surface area (TPSA) is 63.6 Å². The van der Waals surface area contributed by atoms with Crippen LogP contribution in [0.1, 0.15) is 149 Å². The highest BCUT2D eigenvalue weighted by Crippen LogP contribution is 2.14. The van der Waals surface area contributed by atoms with E-state index in [4.69, 9.17) is 4.74 Å². The van der Waals surface area contributed by atoms with Crippen molar-refractivity contribution >= 4 is 11.9 Å². The fourth-order valence-corrected chi connectivity index (χ4v) is 4.34. The van der Waals surface area contributed by atoms with Gasteiger partial charge in [0.15, 0.2) is 6.10 Å². The maximum atomic E-state index is 12.1. The number of aliphatic carboxylic acids is 1. The minimum Gasteiger partial charge on any atom is -0.479 e. The Balaban J connectivity index is 3.72. The Morgan fingerprint density at radius 1 is 0.575 bits per heavy atom. The molecule has 0 aliphatic rings. The number of unbranched alkanes of at least 4 members (excludes halogenated alkanes) is 12. The number of carbonyl (C=O) groups excluding carboxylic acids is 1. The first-order valence-corrected chi connectivity index (χ1v) is 16.3. The molecule has 1 atom stereocenters. The summed E-state index contributed by atoms with van der Waals surface area (Å²) in [4.78, 5) is 23.6. The van der Waals surface area contributed by atoms with Gasteiger partial charge < -0.3 is 9.84 Å². The number of rotatable bonds is 28. The number of carbonyl (C=O) groups is 2. The predicted molar refractivity (Wildman–Crippen MR) is 172 cm³/mol. The molecule has 0 radical (unpaired) electrons. The van der Waals surface area contributed by atoms with Crippen molar-refractivity contribution in [3.05, 3.63) is 60.8 Å². The summed E-state index contributed by atoms with van der Waals surface area (Å²) in [6, 6.07) is 0. The van der Waals surface area contributed by atoms with Crippen LogP contribution in [0.25, 0.3) is 0 Å². The Morgan fingerprint density at radius 2 is 1.02 bits per heavy atom. The largest absolute Gasteiger partial charge is 0.479 e. The second-order valence-corrected chi connectivity index (χ2v) is 10.6. The number of hydrogen-bond acceptors (Lipinski definition) is 3. The monoisotopic (exact) mass is 556 g/mol. The lowest BCUT2D eigenvalue weighted by Gasteiger charge is -2.13. The molecule has 0 rings (SSSR count). The first kappa shape index (κ1) is 37.6. The highest BCUT2D eigenvalue weighted by Gasteiger charge is 2.21. The van der Waals surface area contributed by atoms with Crippen LogP contribution in [-0.4, -0.2) is 23.1 Å². The highest BCUT2D eigenvalue weighted by molar-refractivity contribution is 5.77. The van der Waals surface area contributed by atoms with Crippen molar-refractivity contribution in [2.24, 2.45) is 0 Å². The standard InChI is InChI=1S/C36H60O4/c1-3-5-7-9-11-13-15-16-17-18-19-20-21-22-23-25-27-29-31-33-35(37)40-34(36(38)39)32-30-28-26-24-14-12-10-8-6-4-2/h5,7,11,13,16-17,19-20,22-23,34H,3-4,6,8-10,12,14-15,18,21,24-33H2,1-2H3,(H,38,39)/b7-5-,13-11-,17-16-,20-19-,23-22-. The van der Waals surface area contributed by atoms with E-state index in [1.54, 1.807) is 0 Å². The molecule has 228 valence electrons. The fraction of sp³-hybridized carbons (Fsp3) is 0.667. The predicted octanol–water partition coefficient (Wildman–Crippen LogP) is 11.0. The van der Waals surface area contributed by atoms with E-state index < -0.39 is 12.1 Å². The summed E-state index contributed by atoms with van der Waals surface area (Å²) in [6.07, 6.45) is 42.4. The van der Waals surface area contributed by atoms with E-state index in [2.05, 4.69) is 74.6 Å². The van der Waals surface area contributed by atoms with Crippen molar-refractivity contribution in [2.75, 3.05) is 0 Å². The lowest BCUT2D eigenvalue weighted by molar-refractivity contribution is -0.164. The van der Waals surface area contributed by atoms with Crippen LogP contribution in [0.3, 0.4) is 0 Å². The molecule has 0 aromatic heterocycles. The number of allylic oxidation sites excluding steroid dienone is 10. The second kappa shape index (κ2) is 31.2. The number of hydrogen-bond donors (Lipinski definition) is 1. The molecule has 40 heavy (non-hydrogen) atoms. The fourth-order valence-electron chi connectivity index (χ4n) is 4.34. The molecule has 0 aliphatic heterocycles. The third kappa shape index (κ3) is 28.6. The van der Waals surface area contributed by atoms with Gasteiger partial charge in [-0.25, -0.2) is 4.79 Å². The van der Waals surface area contributed by atoms with Gasteiger partial charge in [0.2, 0.25) is 0 Å². The van der Waals surface area contributed by atoms with Gasteiger partial charge in [0, 0.05) is 6.42 Å². The van der Waals surface area contributed by atoms with Crippen LogP contribution in [0.2, 0.25) is 0 Å². The molecule has 4 nitrogen and oxygen atoms in total. The lowest BCUT2D eigenvalue weighted by Crippen LogP contribution is -2.27. The third-order valence-corrected chi connectivity index (χ3v) is 6.78. The molecule has 0 aromatic carbocycles. The first-order valence-electron chi connectivity index (χ1n) is 16.3. The zero-order chi connectivity index (χ0) is 29.4. The summed E-state index contributed by atoms with van der Waals surface area (Å²) in [5, 5.41) is 9.40. The Labute approximate surface area is 246 Å². The van der Waals surface area contributed by atoms with Gasteiger partial charge in [0.1, 0.15) is 0 Å². The van der Waals surface area contributed by atoms with Crippen LogP contribution in [-0.2, 0) is 14.3 Å². The number of carboxylic acids is 1. The maximum absolute atomic E-state index is 12.1. The zero-order valence-corrected chi connectivity index (χ0v) is 25.9. The van der Waals surface area contributed by atoms with Gasteiger partial charge >= 0.3 is 11.9 Å². The Kier molecular flexibility index (Phi) is 29.3. The van der Waals surface area contributed by atoms with Crippen molar-refractivity contribution in [1.29, 1.82) is 0 Å².